The molecule has 0 fully saturated rings. The average molecular weight is 251 g/mol. The molecule has 1 aromatic rings. The van der Waals surface area contributed by atoms with Crippen molar-refractivity contribution in [2.75, 3.05) is 19.6 Å². The summed E-state index contributed by atoms with van der Waals surface area (Å²) in [6.07, 6.45) is 5.62. The predicted molar refractivity (Wildman–Crippen MR) is 78.8 cm³/mol. The summed E-state index contributed by atoms with van der Waals surface area (Å²) in [6, 6.07) is 2.76. The maximum absolute atomic E-state index is 3.60. The van der Waals surface area contributed by atoms with E-state index in [4.69, 9.17) is 0 Å². The van der Waals surface area contributed by atoms with Crippen molar-refractivity contribution >= 4 is 0 Å². The van der Waals surface area contributed by atoms with Crippen LogP contribution in [0.2, 0.25) is 0 Å². The lowest BCUT2D eigenvalue weighted by Gasteiger charge is -2.23. The third kappa shape index (κ3) is 5.23. The number of likely N-dealkylation sites (N-methyl/N-ethyl adjacent to an activating group) is 1. The zero-order valence-corrected chi connectivity index (χ0v) is 12.4. The molecule has 0 spiro atoms. The lowest BCUT2D eigenvalue weighted by atomic mass is 10.2. The molecule has 0 saturated carbocycles. The molecule has 1 atom stereocenters. The molecule has 0 aliphatic heterocycles. The molecule has 1 rings (SSSR count). The molecule has 0 bridgehead atoms. The molecule has 1 unspecified atom stereocenters. The van der Waals surface area contributed by atoms with E-state index in [1.54, 1.807) is 0 Å². The smallest absolute Gasteiger partial charge is 0.0223 e. The molecule has 3 nitrogen and oxygen atoms in total. The lowest BCUT2D eigenvalue weighted by molar-refractivity contribution is 0.270. The largest absolute Gasteiger partial charge is 0.354 e. The molecule has 104 valence electrons. The van der Waals surface area contributed by atoms with E-state index < -0.39 is 0 Å². The van der Waals surface area contributed by atoms with Gasteiger partial charge in [0.25, 0.3) is 0 Å². The summed E-state index contributed by atoms with van der Waals surface area (Å²) in [7, 11) is 0. The Balaban J connectivity index is 2.30. The molecule has 0 aromatic carbocycles. The van der Waals surface area contributed by atoms with Gasteiger partial charge in [0, 0.05) is 38.1 Å². The number of hydrogen-bond acceptors (Lipinski definition) is 2. The Bertz CT molecular complexity index is 315. The second-order valence-electron chi connectivity index (χ2n) is 5.03. The van der Waals surface area contributed by atoms with E-state index in [2.05, 4.69) is 60.9 Å². The summed E-state index contributed by atoms with van der Waals surface area (Å²) in [5.74, 6) is 0. The van der Waals surface area contributed by atoms with Crippen molar-refractivity contribution in [1.82, 2.24) is 14.8 Å². The maximum Gasteiger partial charge on any atom is 0.0223 e. The lowest BCUT2D eigenvalue weighted by Crippen LogP contribution is -2.38. The highest BCUT2D eigenvalue weighted by molar-refractivity contribution is 5.10. The number of aryl methyl sites for hydroxylation is 1. The Hall–Kier alpha value is -0.800. The first-order chi connectivity index (χ1) is 8.69. The molecule has 18 heavy (non-hydrogen) atoms. The first kappa shape index (κ1) is 15.3. The highest BCUT2D eigenvalue weighted by Crippen LogP contribution is 2.03. The van der Waals surface area contributed by atoms with Crippen LogP contribution in [0, 0.1) is 0 Å². The van der Waals surface area contributed by atoms with E-state index in [0.717, 1.165) is 32.7 Å². The van der Waals surface area contributed by atoms with Crippen LogP contribution < -0.4 is 5.32 Å². The molecule has 3 heteroatoms. The molecule has 0 amide bonds. The summed E-state index contributed by atoms with van der Waals surface area (Å²) in [4.78, 5) is 2.46. The third-order valence-electron chi connectivity index (χ3n) is 3.37. The fourth-order valence-electron chi connectivity index (χ4n) is 2.22. The van der Waals surface area contributed by atoms with Crippen molar-refractivity contribution in [3.05, 3.63) is 24.0 Å². The zero-order chi connectivity index (χ0) is 13.4. The molecule has 0 saturated heterocycles. The molecule has 0 aliphatic rings. The first-order valence-corrected chi connectivity index (χ1v) is 7.29. The van der Waals surface area contributed by atoms with Gasteiger partial charge in [0.2, 0.25) is 0 Å². The minimum atomic E-state index is 0.541. The van der Waals surface area contributed by atoms with E-state index in [-0.39, 0.29) is 0 Å². The van der Waals surface area contributed by atoms with Crippen LogP contribution in [0.3, 0.4) is 0 Å². The van der Waals surface area contributed by atoms with Crippen LogP contribution in [0.1, 0.15) is 39.7 Å². The Morgan fingerprint density at radius 3 is 2.61 bits per heavy atom. The monoisotopic (exact) mass is 251 g/mol. The molecule has 1 heterocycles. The number of nitrogens with zero attached hydrogens (tertiary/aromatic N) is 2. The van der Waals surface area contributed by atoms with Gasteiger partial charge in [-0.1, -0.05) is 20.8 Å². The number of rotatable bonds is 9. The fourth-order valence-corrected chi connectivity index (χ4v) is 2.22. The highest BCUT2D eigenvalue weighted by atomic mass is 15.1. The normalized spacial score (nSPS) is 13.2. The van der Waals surface area contributed by atoms with Crippen molar-refractivity contribution in [3.8, 4) is 0 Å². The topological polar surface area (TPSA) is 20.2 Å². The molecular formula is C15H29N3. The predicted octanol–water partition coefficient (Wildman–Crippen LogP) is 2.72. The van der Waals surface area contributed by atoms with Crippen LogP contribution in [0.25, 0.3) is 0 Å². The summed E-state index contributed by atoms with van der Waals surface area (Å²) < 4.78 is 2.27. The third-order valence-corrected chi connectivity index (χ3v) is 3.37. The van der Waals surface area contributed by atoms with E-state index in [9.17, 15) is 0 Å². The van der Waals surface area contributed by atoms with Gasteiger partial charge in [0.15, 0.2) is 0 Å². The van der Waals surface area contributed by atoms with Gasteiger partial charge in [-0.25, -0.2) is 0 Å². The van der Waals surface area contributed by atoms with E-state index in [1.807, 2.05) is 0 Å². The molecule has 0 aliphatic carbocycles. The molecule has 0 radical (unpaired) electrons. The van der Waals surface area contributed by atoms with Crippen molar-refractivity contribution in [2.45, 2.75) is 53.2 Å². The fraction of sp³-hybridized carbons (Fsp3) is 0.733. The Labute approximate surface area is 112 Å². The minimum absolute atomic E-state index is 0.541. The van der Waals surface area contributed by atoms with E-state index in [1.165, 1.54) is 12.0 Å². The minimum Gasteiger partial charge on any atom is -0.354 e. The summed E-state index contributed by atoms with van der Waals surface area (Å²) in [6.45, 7) is 14.4. The summed E-state index contributed by atoms with van der Waals surface area (Å²) in [5.41, 5.74) is 1.38. The first-order valence-electron chi connectivity index (χ1n) is 7.29. The van der Waals surface area contributed by atoms with Gasteiger partial charge < -0.3 is 14.8 Å². The van der Waals surface area contributed by atoms with Gasteiger partial charge in [-0.05, 0) is 38.1 Å². The van der Waals surface area contributed by atoms with Crippen LogP contribution in [-0.4, -0.2) is 35.1 Å². The summed E-state index contributed by atoms with van der Waals surface area (Å²) >= 11 is 0. The van der Waals surface area contributed by atoms with E-state index >= 15 is 0 Å². The van der Waals surface area contributed by atoms with Gasteiger partial charge in [-0.3, -0.25) is 0 Å². The summed E-state index contributed by atoms with van der Waals surface area (Å²) in [5, 5.41) is 3.60. The standard InChI is InChI=1S/C15H29N3/c1-5-9-18-10-8-15(13-18)11-16-14(4)12-17(6-2)7-3/h8,10,13-14,16H,5-7,9,11-12H2,1-4H3. The van der Waals surface area contributed by atoms with Gasteiger partial charge in [-0.15, -0.1) is 0 Å². The number of aromatic nitrogens is 1. The Kier molecular flexibility index (Phi) is 7.06. The molecule has 1 N–H and O–H groups in total. The average Bonchev–Trinajstić information content (AvgIpc) is 2.82. The maximum atomic E-state index is 3.60. The van der Waals surface area contributed by atoms with Gasteiger partial charge >= 0.3 is 0 Å². The molecular weight excluding hydrogens is 222 g/mol. The quantitative estimate of drug-likeness (QED) is 0.728. The van der Waals surface area contributed by atoms with E-state index in [0.29, 0.717) is 6.04 Å². The van der Waals surface area contributed by atoms with Gasteiger partial charge in [0.1, 0.15) is 0 Å². The van der Waals surface area contributed by atoms with Crippen molar-refractivity contribution in [2.24, 2.45) is 0 Å². The second-order valence-corrected chi connectivity index (χ2v) is 5.03. The molecule has 1 aromatic heterocycles. The van der Waals surface area contributed by atoms with Crippen molar-refractivity contribution in [3.63, 3.8) is 0 Å². The van der Waals surface area contributed by atoms with Crippen LogP contribution in [0.4, 0.5) is 0 Å². The van der Waals surface area contributed by atoms with Crippen LogP contribution >= 0.6 is 0 Å². The van der Waals surface area contributed by atoms with Crippen LogP contribution in [0.15, 0.2) is 18.5 Å². The Morgan fingerprint density at radius 2 is 2.00 bits per heavy atom. The highest BCUT2D eigenvalue weighted by Gasteiger charge is 2.06. The van der Waals surface area contributed by atoms with Gasteiger partial charge in [0.05, 0.1) is 0 Å². The van der Waals surface area contributed by atoms with Crippen molar-refractivity contribution < 1.29 is 0 Å². The van der Waals surface area contributed by atoms with Crippen LogP contribution in [0.5, 0.6) is 0 Å². The zero-order valence-electron chi connectivity index (χ0n) is 12.4. The Morgan fingerprint density at radius 1 is 1.28 bits per heavy atom. The SMILES string of the molecule is CCCn1ccc(CNC(C)CN(CC)CC)c1. The van der Waals surface area contributed by atoms with Gasteiger partial charge in [-0.2, -0.15) is 0 Å². The second kappa shape index (κ2) is 8.33. The van der Waals surface area contributed by atoms with Crippen LogP contribution in [-0.2, 0) is 13.1 Å². The number of hydrogen-bond donors (Lipinski definition) is 1. The number of nitrogens with one attached hydrogen (secondary N) is 1. The van der Waals surface area contributed by atoms with Crippen molar-refractivity contribution in [1.29, 1.82) is 0 Å².